The summed E-state index contributed by atoms with van der Waals surface area (Å²) in [6, 6.07) is 17.2. The fraction of sp³-hybridized carbons (Fsp3) is 0.200. The number of aliphatic carboxylic acids is 2. The number of carbonyl (C=O) groups is 4. The maximum absolute atomic E-state index is 11.3. The van der Waals surface area contributed by atoms with E-state index in [9.17, 15) is 29.4 Å². The molecule has 27 heavy (non-hydrogen) atoms. The smallest absolute Gasteiger partial charge is 0.550 e. The molecule has 2 rings (SSSR count). The van der Waals surface area contributed by atoms with Crippen molar-refractivity contribution in [3.8, 4) is 0 Å². The standard InChI is InChI=1S/2C10H10O3.Sn/c2*11-9(6-7-10(12)13)8-4-2-1-3-5-8;/h2*1-5H,6-7H2,(H,12,13);/q;;+2/p-2. The van der Waals surface area contributed by atoms with Crippen molar-refractivity contribution in [3.63, 3.8) is 0 Å². The van der Waals surface area contributed by atoms with Gasteiger partial charge in [-0.15, -0.1) is 0 Å². The molecule has 0 aromatic heterocycles. The van der Waals surface area contributed by atoms with Crippen LogP contribution in [0.1, 0.15) is 46.4 Å². The van der Waals surface area contributed by atoms with Crippen molar-refractivity contribution in [1.29, 1.82) is 0 Å². The molecule has 2 aromatic rings. The Bertz CT molecular complexity index is 678. The zero-order valence-corrected chi connectivity index (χ0v) is 17.4. The third kappa shape index (κ3) is 11.0. The van der Waals surface area contributed by atoms with Gasteiger partial charge in [-0.1, -0.05) is 60.7 Å². The normalized spacial score (nSPS) is 9.19. The summed E-state index contributed by atoms with van der Waals surface area (Å²) in [5, 5.41) is 20.1. The van der Waals surface area contributed by atoms with E-state index in [0.717, 1.165) is 0 Å². The first-order valence-electron chi connectivity index (χ1n) is 7.96. The number of carboxylic acid groups (broad SMARTS) is 2. The van der Waals surface area contributed by atoms with E-state index in [4.69, 9.17) is 0 Å². The Morgan fingerprint density at radius 3 is 1.11 bits per heavy atom. The van der Waals surface area contributed by atoms with E-state index in [1.54, 1.807) is 60.7 Å². The maximum Gasteiger partial charge on any atom is 2.00 e. The van der Waals surface area contributed by atoms with Crippen LogP contribution in [0.3, 0.4) is 0 Å². The van der Waals surface area contributed by atoms with Crippen molar-refractivity contribution in [2.45, 2.75) is 25.7 Å². The van der Waals surface area contributed by atoms with E-state index >= 15 is 0 Å². The minimum Gasteiger partial charge on any atom is -0.550 e. The second kappa shape index (κ2) is 13.7. The van der Waals surface area contributed by atoms with Gasteiger partial charge in [-0.3, -0.25) is 9.59 Å². The van der Waals surface area contributed by atoms with Gasteiger partial charge in [0.1, 0.15) is 0 Å². The van der Waals surface area contributed by atoms with E-state index in [1.165, 1.54) is 0 Å². The van der Waals surface area contributed by atoms with Crippen molar-refractivity contribution < 1.29 is 29.4 Å². The van der Waals surface area contributed by atoms with Crippen LogP contribution in [-0.4, -0.2) is 47.4 Å². The fourth-order valence-corrected chi connectivity index (χ4v) is 1.97. The molecule has 7 heteroatoms. The van der Waals surface area contributed by atoms with Crippen LogP contribution in [0, 0.1) is 0 Å². The van der Waals surface area contributed by atoms with Gasteiger partial charge in [0.15, 0.2) is 11.6 Å². The average Bonchev–Trinajstić information content (AvgIpc) is 2.66. The predicted molar refractivity (Wildman–Crippen MR) is 95.8 cm³/mol. The SMILES string of the molecule is O=C([O-])CCC(=O)c1ccccc1.O=C([O-])CCC(=O)c1ccccc1.[Sn+2]. The molecule has 0 spiro atoms. The molecular weight excluding hydrogens is 455 g/mol. The van der Waals surface area contributed by atoms with Gasteiger partial charge in [0.2, 0.25) is 0 Å². The summed E-state index contributed by atoms with van der Waals surface area (Å²) >= 11 is 0. The molecule has 0 saturated heterocycles. The van der Waals surface area contributed by atoms with Gasteiger partial charge < -0.3 is 19.8 Å². The zero-order chi connectivity index (χ0) is 19.4. The first-order chi connectivity index (χ1) is 12.4. The van der Waals surface area contributed by atoms with Crippen molar-refractivity contribution in [2.24, 2.45) is 0 Å². The number of Topliss-reactive ketones (excluding diaryl/α,β-unsaturated/α-hetero) is 2. The molecule has 138 valence electrons. The quantitative estimate of drug-likeness (QED) is 0.406. The summed E-state index contributed by atoms with van der Waals surface area (Å²) < 4.78 is 0. The molecule has 6 nitrogen and oxygen atoms in total. The van der Waals surface area contributed by atoms with Crippen molar-refractivity contribution in [2.75, 3.05) is 0 Å². The maximum atomic E-state index is 11.3. The second-order valence-electron chi connectivity index (χ2n) is 5.32. The minimum absolute atomic E-state index is 0. The first-order valence-corrected chi connectivity index (χ1v) is 7.96. The second-order valence-corrected chi connectivity index (χ2v) is 5.32. The van der Waals surface area contributed by atoms with E-state index in [-0.39, 0.29) is 61.2 Å². The molecule has 0 aliphatic rings. The molecule has 2 radical (unpaired) electrons. The summed E-state index contributed by atoms with van der Waals surface area (Å²) in [7, 11) is 0. The Morgan fingerprint density at radius 2 is 0.852 bits per heavy atom. The molecule has 0 saturated carbocycles. The topological polar surface area (TPSA) is 114 Å². The third-order valence-corrected chi connectivity index (χ3v) is 3.30. The number of benzene rings is 2. The summed E-state index contributed by atoms with van der Waals surface area (Å²) in [5.41, 5.74) is 1.09. The van der Waals surface area contributed by atoms with Crippen LogP contribution in [0.4, 0.5) is 0 Å². The molecule has 0 atom stereocenters. The zero-order valence-electron chi connectivity index (χ0n) is 14.6. The average molecular weight is 473 g/mol. The number of hydrogen-bond acceptors (Lipinski definition) is 6. The van der Waals surface area contributed by atoms with E-state index < -0.39 is 11.9 Å². The van der Waals surface area contributed by atoms with Gasteiger partial charge in [0, 0.05) is 35.9 Å². The van der Waals surface area contributed by atoms with Crippen LogP contribution in [0.25, 0.3) is 0 Å². The Hall–Kier alpha value is -2.48. The monoisotopic (exact) mass is 474 g/mol. The molecule has 0 aliphatic carbocycles. The third-order valence-electron chi connectivity index (χ3n) is 3.30. The molecule has 2 aromatic carbocycles. The number of carbonyl (C=O) groups excluding carboxylic acids is 4. The van der Waals surface area contributed by atoms with Crippen LogP contribution in [0.15, 0.2) is 60.7 Å². The van der Waals surface area contributed by atoms with Crippen LogP contribution in [0.2, 0.25) is 0 Å². The number of carboxylic acids is 2. The van der Waals surface area contributed by atoms with Gasteiger partial charge >= 0.3 is 23.9 Å². The Kier molecular flexibility index (Phi) is 12.4. The molecule has 0 amide bonds. The number of hydrogen-bond donors (Lipinski definition) is 0. The Labute approximate surface area is 174 Å². The Morgan fingerprint density at radius 1 is 0.556 bits per heavy atom. The fourth-order valence-electron chi connectivity index (χ4n) is 1.97. The van der Waals surface area contributed by atoms with Gasteiger partial charge in [0.05, 0.1) is 0 Å². The largest absolute Gasteiger partial charge is 2.00 e. The minimum atomic E-state index is -1.19. The van der Waals surface area contributed by atoms with Crippen LogP contribution >= 0.6 is 0 Å². The summed E-state index contributed by atoms with van der Waals surface area (Å²) in [6.45, 7) is 0. The predicted octanol–water partition coefficient (Wildman–Crippen LogP) is 0.418. The van der Waals surface area contributed by atoms with Gasteiger partial charge in [-0.05, 0) is 12.8 Å². The summed E-state index contributed by atoms with van der Waals surface area (Å²) in [4.78, 5) is 42.7. The van der Waals surface area contributed by atoms with Crippen molar-refractivity contribution in [3.05, 3.63) is 71.8 Å². The van der Waals surface area contributed by atoms with E-state index in [1.807, 2.05) is 0 Å². The van der Waals surface area contributed by atoms with Gasteiger partial charge in [0.25, 0.3) is 0 Å². The van der Waals surface area contributed by atoms with Crippen LogP contribution in [0.5, 0.6) is 0 Å². The van der Waals surface area contributed by atoms with Crippen molar-refractivity contribution in [1.82, 2.24) is 0 Å². The molecular formula is C20H18O6Sn. The number of rotatable bonds is 8. The molecule has 0 aliphatic heterocycles. The summed E-state index contributed by atoms with van der Waals surface area (Å²) in [6.07, 6.45) is -0.417. The summed E-state index contributed by atoms with van der Waals surface area (Å²) in [5.74, 6) is -2.71. The number of ketones is 2. The first kappa shape index (κ1) is 24.5. The molecule has 0 heterocycles. The molecule has 0 bridgehead atoms. The Balaban J connectivity index is 0.000000483. The van der Waals surface area contributed by atoms with Crippen LogP contribution in [-0.2, 0) is 9.59 Å². The van der Waals surface area contributed by atoms with Crippen molar-refractivity contribution >= 4 is 47.4 Å². The van der Waals surface area contributed by atoms with E-state index in [2.05, 4.69) is 0 Å². The van der Waals surface area contributed by atoms with Gasteiger partial charge in [-0.2, -0.15) is 0 Å². The molecule has 0 fully saturated rings. The van der Waals surface area contributed by atoms with Crippen LogP contribution < -0.4 is 10.2 Å². The molecule has 0 N–H and O–H groups in total. The van der Waals surface area contributed by atoms with E-state index in [0.29, 0.717) is 11.1 Å². The molecule has 0 unspecified atom stereocenters. The van der Waals surface area contributed by atoms with Gasteiger partial charge in [-0.25, -0.2) is 0 Å².